The molecule has 100 valence electrons. The fourth-order valence-corrected chi connectivity index (χ4v) is 2.48. The third-order valence-electron chi connectivity index (χ3n) is 3.52. The zero-order chi connectivity index (χ0) is 12.9. The third kappa shape index (κ3) is 3.17. The highest BCUT2D eigenvalue weighted by Gasteiger charge is 2.15. The topological polar surface area (TPSA) is 63.7 Å². The van der Waals surface area contributed by atoms with Gasteiger partial charge in [-0.05, 0) is 30.9 Å². The van der Waals surface area contributed by atoms with Crippen molar-refractivity contribution < 1.29 is 4.74 Å². The molecule has 1 N–H and O–H groups in total. The summed E-state index contributed by atoms with van der Waals surface area (Å²) in [6.07, 6.45) is 8.80. The van der Waals surface area contributed by atoms with Crippen molar-refractivity contribution in [1.82, 2.24) is 20.2 Å². The summed E-state index contributed by atoms with van der Waals surface area (Å²) in [5.74, 6) is 2.19. The molecule has 0 atom stereocenters. The summed E-state index contributed by atoms with van der Waals surface area (Å²) in [5.41, 5.74) is 0.917. The van der Waals surface area contributed by atoms with E-state index in [0.717, 1.165) is 23.9 Å². The van der Waals surface area contributed by atoms with Gasteiger partial charge in [0.15, 0.2) is 11.6 Å². The standard InChI is InChI=1S/C14H18N4O/c1-2-5-11(4-1)9-19-10-13-16-14(18-17-13)12-6-3-7-15-8-12/h3,6-8,11H,1-2,4-5,9-10H2,(H,16,17,18). The second-order valence-electron chi connectivity index (χ2n) is 5.01. The van der Waals surface area contributed by atoms with Crippen molar-refractivity contribution in [3.05, 3.63) is 30.4 Å². The van der Waals surface area contributed by atoms with Gasteiger partial charge in [-0.25, -0.2) is 4.98 Å². The van der Waals surface area contributed by atoms with Gasteiger partial charge in [-0.15, -0.1) is 0 Å². The SMILES string of the molecule is c1cncc(-c2n[nH]c(COCC3CCCC3)n2)c1. The van der Waals surface area contributed by atoms with E-state index in [1.165, 1.54) is 25.7 Å². The summed E-state index contributed by atoms with van der Waals surface area (Å²) in [6.45, 7) is 1.34. The summed E-state index contributed by atoms with van der Waals surface area (Å²) >= 11 is 0. The molecule has 0 aliphatic heterocycles. The highest BCUT2D eigenvalue weighted by molar-refractivity contribution is 5.52. The average Bonchev–Trinajstić information content (AvgIpc) is 3.11. The predicted molar refractivity (Wildman–Crippen MR) is 71.2 cm³/mol. The zero-order valence-electron chi connectivity index (χ0n) is 10.9. The number of hydrogen-bond donors (Lipinski definition) is 1. The molecule has 1 fully saturated rings. The summed E-state index contributed by atoms with van der Waals surface area (Å²) in [4.78, 5) is 8.47. The molecule has 5 nitrogen and oxygen atoms in total. The van der Waals surface area contributed by atoms with Crippen molar-refractivity contribution in [3.63, 3.8) is 0 Å². The van der Waals surface area contributed by atoms with Crippen LogP contribution in [-0.2, 0) is 11.3 Å². The van der Waals surface area contributed by atoms with Crippen LogP contribution in [0.2, 0.25) is 0 Å². The highest BCUT2D eigenvalue weighted by Crippen LogP contribution is 2.24. The van der Waals surface area contributed by atoms with Crippen LogP contribution in [-0.4, -0.2) is 26.8 Å². The first kappa shape index (κ1) is 12.3. The minimum atomic E-state index is 0.504. The van der Waals surface area contributed by atoms with Crippen LogP contribution >= 0.6 is 0 Å². The highest BCUT2D eigenvalue weighted by atomic mass is 16.5. The molecule has 2 aromatic heterocycles. The Hall–Kier alpha value is -1.75. The third-order valence-corrected chi connectivity index (χ3v) is 3.52. The number of aromatic nitrogens is 4. The van der Waals surface area contributed by atoms with Crippen LogP contribution in [0.5, 0.6) is 0 Å². The first-order valence-electron chi connectivity index (χ1n) is 6.81. The number of hydrogen-bond acceptors (Lipinski definition) is 4. The molecule has 0 unspecified atom stereocenters. The Labute approximate surface area is 112 Å². The van der Waals surface area contributed by atoms with Crippen molar-refractivity contribution in [1.29, 1.82) is 0 Å². The molecule has 1 aliphatic rings. The fraction of sp³-hybridized carbons (Fsp3) is 0.500. The Morgan fingerprint density at radius 3 is 3.00 bits per heavy atom. The van der Waals surface area contributed by atoms with E-state index in [4.69, 9.17) is 4.74 Å². The lowest BCUT2D eigenvalue weighted by molar-refractivity contribution is 0.0846. The molecule has 2 aromatic rings. The fourth-order valence-electron chi connectivity index (χ4n) is 2.48. The van der Waals surface area contributed by atoms with E-state index in [-0.39, 0.29) is 0 Å². The molecule has 0 spiro atoms. The Morgan fingerprint density at radius 1 is 1.32 bits per heavy atom. The number of rotatable bonds is 5. The monoisotopic (exact) mass is 258 g/mol. The molecule has 0 amide bonds. The lowest BCUT2D eigenvalue weighted by Crippen LogP contribution is -2.06. The minimum absolute atomic E-state index is 0.504. The van der Waals surface area contributed by atoms with Crippen LogP contribution in [0.15, 0.2) is 24.5 Å². The first-order chi connectivity index (χ1) is 9.42. The van der Waals surface area contributed by atoms with Crippen LogP contribution < -0.4 is 0 Å². The molecule has 0 aromatic carbocycles. The molecule has 1 saturated carbocycles. The van der Waals surface area contributed by atoms with Crippen molar-refractivity contribution in [2.75, 3.05) is 6.61 Å². The van der Waals surface area contributed by atoms with Gasteiger partial charge in [0.1, 0.15) is 6.61 Å². The van der Waals surface area contributed by atoms with Gasteiger partial charge in [-0.1, -0.05) is 12.8 Å². The lowest BCUT2D eigenvalue weighted by Gasteiger charge is -2.07. The van der Waals surface area contributed by atoms with E-state index in [0.29, 0.717) is 12.4 Å². The van der Waals surface area contributed by atoms with Crippen molar-refractivity contribution in [3.8, 4) is 11.4 Å². The summed E-state index contributed by atoms with van der Waals surface area (Å²) in [7, 11) is 0. The molecule has 1 aliphatic carbocycles. The van der Waals surface area contributed by atoms with E-state index in [2.05, 4.69) is 20.2 Å². The van der Waals surface area contributed by atoms with Gasteiger partial charge < -0.3 is 4.74 Å². The number of pyridine rings is 1. The summed E-state index contributed by atoms with van der Waals surface area (Å²) < 4.78 is 5.70. The summed E-state index contributed by atoms with van der Waals surface area (Å²) in [6, 6.07) is 3.82. The maximum absolute atomic E-state index is 5.70. The Balaban J connectivity index is 1.53. The van der Waals surface area contributed by atoms with Crippen LogP contribution in [0.4, 0.5) is 0 Å². The Bertz CT molecular complexity index is 505. The van der Waals surface area contributed by atoms with Crippen LogP contribution in [0, 0.1) is 5.92 Å². The van der Waals surface area contributed by atoms with Crippen molar-refractivity contribution >= 4 is 0 Å². The van der Waals surface area contributed by atoms with Crippen LogP contribution in [0.25, 0.3) is 11.4 Å². The first-order valence-corrected chi connectivity index (χ1v) is 6.81. The molecule has 5 heteroatoms. The van der Waals surface area contributed by atoms with E-state index in [9.17, 15) is 0 Å². The maximum atomic E-state index is 5.70. The molecule has 0 saturated heterocycles. The quantitative estimate of drug-likeness (QED) is 0.895. The van der Waals surface area contributed by atoms with Crippen LogP contribution in [0.3, 0.4) is 0 Å². The predicted octanol–water partition coefficient (Wildman–Crippen LogP) is 2.57. The molecular weight excluding hydrogens is 240 g/mol. The molecule has 0 bridgehead atoms. The molecular formula is C14H18N4O. The Morgan fingerprint density at radius 2 is 2.21 bits per heavy atom. The van der Waals surface area contributed by atoms with Crippen molar-refractivity contribution in [2.24, 2.45) is 5.92 Å². The molecule has 19 heavy (non-hydrogen) atoms. The van der Waals surface area contributed by atoms with Gasteiger partial charge in [0.05, 0.1) is 0 Å². The number of nitrogens with zero attached hydrogens (tertiary/aromatic N) is 3. The number of nitrogens with one attached hydrogen (secondary N) is 1. The van der Waals surface area contributed by atoms with Crippen molar-refractivity contribution in [2.45, 2.75) is 32.3 Å². The van der Waals surface area contributed by atoms with E-state index in [1.54, 1.807) is 12.4 Å². The number of ether oxygens (including phenoxy) is 1. The van der Waals surface area contributed by atoms with Gasteiger partial charge in [0.2, 0.25) is 0 Å². The number of aromatic amines is 1. The van der Waals surface area contributed by atoms with Gasteiger partial charge in [-0.3, -0.25) is 10.1 Å². The maximum Gasteiger partial charge on any atom is 0.182 e. The van der Waals surface area contributed by atoms with Gasteiger partial charge >= 0.3 is 0 Å². The molecule has 3 rings (SSSR count). The zero-order valence-corrected chi connectivity index (χ0v) is 10.9. The molecule has 2 heterocycles. The van der Waals surface area contributed by atoms with E-state index < -0.39 is 0 Å². The van der Waals surface area contributed by atoms with Gasteiger partial charge in [0.25, 0.3) is 0 Å². The molecule has 0 radical (unpaired) electrons. The smallest absolute Gasteiger partial charge is 0.182 e. The average molecular weight is 258 g/mol. The minimum Gasteiger partial charge on any atom is -0.373 e. The number of H-pyrrole nitrogens is 1. The van der Waals surface area contributed by atoms with E-state index in [1.807, 2.05) is 12.1 Å². The normalized spacial score (nSPS) is 16.0. The second-order valence-corrected chi connectivity index (χ2v) is 5.01. The van der Waals surface area contributed by atoms with E-state index >= 15 is 0 Å². The van der Waals surface area contributed by atoms with Gasteiger partial charge in [-0.2, -0.15) is 5.10 Å². The summed E-state index contributed by atoms with van der Waals surface area (Å²) in [5, 5.41) is 7.10. The second kappa shape index (κ2) is 5.93. The lowest BCUT2D eigenvalue weighted by atomic mass is 10.1. The van der Waals surface area contributed by atoms with Gasteiger partial charge in [0, 0.05) is 24.6 Å². The van der Waals surface area contributed by atoms with Crippen LogP contribution in [0.1, 0.15) is 31.5 Å². The Kier molecular flexibility index (Phi) is 3.83. The largest absolute Gasteiger partial charge is 0.373 e.